The van der Waals surface area contributed by atoms with Crippen LogP contribution in [0.2, 0.25) is 0 Å². The summed E-state index contributed by atoms with van der Waals surface area (Å²) in [7, 11) is 3.75. The average molecular weight is 368 g/mol. The minimum absolute atomic E-state index is 0.151. The van der Waals surface area contributed by atoms with Gasteiger partial charge < -0.3 is 9.64 Å². The van der Waals surface area contributed by atoms with Crippen LogP contribution in [-0.4, -0.2) is 43.6 Å². The van der Waals surface area contributed by atoms with Crippen LogP contribution in [0.5, 0.6) is 5.75 Å². The maximum absolute atomic E-state index is 12.7. The van der Waals surface area contributed by atoms with Crippen molar-refractivity contribution < 1.29 is 14.3 Å². The van der Waals surface area contributed by atoms with E-state index in [2.05, 4.69) is 18.0 Å². The Labute approximate surface area is 159 Å². The molecule has 0 bridgehead atoms. The van der Waals surface area contributed by atoms with Gasteiger partial charge in [0.25, 0.3) is 6.67 Å². The van der Waals surface area contributed by atoms with Gasteiger partial charge in [-0.05, 0) is 49.5 Å². The summed E-state index contributed by atoms with van der Waals surface area (Å²) in [6.07, 6.45) is 2.28. The molecular formula is C21H26N3O3+. The molecule has 1 atom stereocenters. The van der Waals surface area contributed by atoms with Crippen LogP contribution in [0.1, 0.15) is 29.9 Å². The highest BCUT2D eigenvalue weighted by Crippen LogP contribution is 2.48. The molecule has 0 spiro atoms. The van der Waals surface area contributed by atoms with E-state index in [-0.39, 0.29) is 6.67 Å². The lowest BCUT2D eigenvalue weighted by atomic mass is 9.89. The number of benzene rings is 2. The minimum atomic E-state index is 0.151. The minimum Gasteiger partial charge on any atom is -0.490 e. The molecule has 2 aliphatic rings. The van der Waals surface area contributed by atoms with E-state index < -0.39 is 0 Å². The van der Waals surface area contributed by atoms with E-state index in [0.717, 1.165) is 41.9 Å². The van der Waals surface area contributed by atoms with Gasteiger partial charge in [-0.15, -0.1) is 0 Å². The number of hydroxylamine groups is 1. The lowest BCUT2D eigenvalue weighted by molar-refractivity contribution is -0.459. The Morgan fingerprint density at radius 2 is 2.00 bits per heavy atom. The van der Waals surface area contributed by atoms with Crippen LogP contribution < -0.4 is 9.80 Å². The molecule has 0 N–H and O–H groups in total. The molecule has 2 aliphatic heterocycles. The number of piperidine rings is 1. The Morgan fingerprint density at radius 1 is 1.19 bits per heavy atom. The quantitative estimate of drug-likeness (QED) is 0.751. The molecule has 1 saturated heterocycles. The van der Waals surface area contributed by atoms with Crippen LogP contribution in [0, 0.1) is 4.91 Å². The molecule has 1 unspecified atom stereocenters. The molecule has 1 fully saturated rings. The number of likely N-dealkylation sites (N-methyl/N-ethyl adjacent to an activating group) is 1. The van der Waals surface area contributed by atoms with Crippen molar-refractivity contribution in [2.24, 2.45) is 0 Å². The number of rotatable bonds is 5. The van der Waals surface area contributed by atoms with Gasteiger partial charge in [-0.25, -0.2) is 0 Å². The predicted molar refractivity (Wildman–Crippen MR) is 104 cm³/mol. The number of likely N-dealkylation sites (tertiary alicyclic amines) is 1. The lowest BCUT2D eigenvalue weighted by Gasteiger charge is -2.31. The van der Waals surface area contributed by atoms with Gasteiger partial charge in [-0.2, -0.15) is 5.06 Å². The zero-order valence-corrected chi connectivity index (χ0v) is 15.9. The number of hydrogen-bond donors (Lipinski definition) is 0. The highest BCUT2D eigenvalue weighted by Gasteiger charge is 2.42. The maximum Gasteiger partial charge on any atom is 0.325 e. The molecule has 0 aliphatic carbocycles. The molecular weight excluding hydrogens is 342 g/mol. The summed E-state index contributed by atoms with van der Waals surface area (Å²) in [5.41, 5.74) is 3.69. The fourth-order valence-electron chi connectivity index (χ4n) is 4.08. The molecule has 27 heavy (non-hydrogen) atoms. The molecule has 6 heteroatoms. The first kappa shape index (κ1) is 17.9. The van der Waals surface area contributed by atoms with E-state index in [1.165, 1.54) is 5.56 Å². The van der Waals surface area contributed by atoms with Crippen LogP contribution in [0.15, 0.2) is 42.5 Å². The van der Waals surface area contributed by atoms with Gasteiger partial charge in [0, 0.05) is 11.5 Å². The van der Waals surface area contributed by atoms with Gasteiger partial charge in [0.05, 0.1) is 11.9 Å². The zero-order chi connectivity index (χ0) is 18.8. The second-order valence-electron chi connectivity index (χ2n) is 7.31. The van der Waals surface area contributed by atoms with E-state index >= 15 is 0 Å². The summed E-state index contributed by atoms with van der Waals surface area (Å²) < 4.78 is 6.44. The molecule has 0 amide bonds. The zero-order valence-electron chi connectivity index (χ0n) is 15.9. The molecule has 0 aromatic heterocycles. The van der Waals surface area contributed by atoms with Crippen molar-refractivity contribution in [2.45, 2.75) is 25.4 Å². The SMILES string of the molecule is COc1ccc(C2CCCN(C)C2)c2c1[N+](=O)CN2OCc1ccccc1. The van der Waals surface area contributed by atoms with Crippen molar-refractivity contribution in [1.82, 2.24) is 4.90 Å². The van der Waals surface area contributed by atoms with Gasteiger partial charge >= 0.3 is 5.69 Å². The second kappa shape index (κ2) is 7.66. The van der Waals surface area contributed by atoms with Crippen molar-refractivity contribution in [1.29, 1.82) is 0 Å². The summed E-state index contributed by atoms with van der Waals surface area (Å²) in [5.74, 6) is 0.983. The van der Waals surface area contributed by atoms with Crippen LogP contribution in [0.25, 0.3) is 0 Å². The van der Waals surface area contributed by atoms with Gasteiger partial charge in [-0.3, -0.25) is 4.84 Å². The topological polar surface area (TPSA) is 45.0 Å². The Balaban J connectivity index is 1.67. The smallest absolute Gasteiger partial charge is 0.325 e. The summed E-state index contributed by atoms with van der Waals surface area (Å²) in [4.78, 5) is 21.1. The third kappa shape index (κ3) is 3.55. The molecule has 6 nitrogen and oxygen atoms in total. The molecule has 0 radical (unpaired) electrons. The first-order chi connectivity index (χ1) is 13.2. The van der Waals surface area contributed by atoms with Gasteiger partial charge in [0.15, 0.2) is 11.4 Å². The highest BCUT2D eigenvalue weighted by atomic mass is 16.7. The predicted octanol–water partition coefficient (Wildman–Crippen LogP) is 3.82. The molecule has 0 saturated carbocycles. The maximum atomic E-state index is 12.7. The number of hydrogen-bond acceptors (Lipinski definition) is 5. The van der Waals surface area contributed by atoms with E-state index in [1.54, 1.807) is 12.2 Å². The van der Waals surface area contributed by atoms with Crippen molar-refractivity contribution in [3.05, 3.63) is 58.5 Å². The monoisotopic (exact) mass is 368 g/mol. The average Bonchev–Trinajstić information content (AvgIpc) is 3.03. The lowest BCUT2D eigenvalue weighted by Crippen LogP contribution is -2.32. The van der Waals surface area contributed by atoms with Gasteiger partial charge in [-0.1, -0.05) is 36.4 Å². The van der Waals surface area contributed by atoms with Crippen molar-refractivity contribution in [2.75, 3.05) is 39.0 Å². The molecule has 2 heterocycles. The largest absolute Gasteiger partial charge is 0.490 e. The van der Waals surface area contributed by atoms with Crippen LogP contribution >= 0.6 is 0 Å². The van der Waals surface area contributed by atoms with Crippen LogP contribution in [-0.2, 0) is 11.4 Å². The molecule has 142 valence electrons. The van der Waals surface area contributed by atoms with E-state index in [4.69, 9.17) is 9.57 Å². The van der Waals surface area contributed by atoms with Gasteiger partial charge in [0.2, 0.25) is 0 Å². The van der Waals surface area contributed by atoms with E-state index in [9.17, 15) is 4.91 Å². The summed E-state index contributed by atoms with van der Waals surface area (Å²) in [5, 5.41) is 1.74. The number of ether oxygens (including phenoxy) is 1. The van der Waals surface area contributed by atoms with Crippen molar-refractivity contribution >= 4 is 11.4 Å². The third-order valence-electron chi connectivity index (χ3n) is 5.42. The molecule has 2 aromatic rings. The number of anilines is 1. The standard InChI is InChI=1S/C21H26N3O3/c1-22-12-6-9-17(13-22)18-10-11-19(26-2)21-20(18)24(15-23(21)25)27-14-16-7-4-3-5-8-16/h3-5,7-8,10-11,17H,6,9,12-15H2,1-2H3/q+1. The Kier molecular flexibility index (Phi) is 5.09. The first-order valence-corrected chi connectivity index (χ1v) is 9.46. The van der Waals surface area contributed by atoms with Crippen molar-refractivity contribution in [3.8, 4) is 5.75 Å². The summed E-state index contributed by atoms with van der Waals surface area (Å²) in [6, 6.07) is 14.0. The second-order valence-corrected chi connectivity index (χ2v) is 7.31. The Morgan fingerprint density at radius 3 is 2.74 bits per heavy atom. The first-order valence-electron chi connectivity index (χ1n) is 9.46. The number of nitroso groups, excluding NO2 is 1. The van der Waals surface area contributed by atoms with Crippen LogP contribution in [0.4, 0.5) is 11.4 Å². The Hall–Kier alpha value is -2.44. The highest BCUT2D eigenvalue weighted by molar-refractivity contribution is 5.75. The number of methoxy groups -OCH3 is 1. The van der Waals surface area contributed by atoms with Crippen molar-refractivity contribution in [3.63, 3.8) is 0 Å². The number of fused-ring (bicyclic) bond motifs is 1. The van der Waals surface area contributed by atoms with E-state index in [0.29, 0.717) is 24.0 Å². The fraction of sp³-hybridized carbons (Fsp3) is 0.429. The third-order valence-corrected chi connectivity index (χ3v) is 5.42. The molecule has 4 rings (SSSR count). The number of nitrogens with zero attached hydrogens (tertiary/aromatic N) is 3. The summed E-state index contributed by atoms with van der Waals surface area (Å²) in [6.45, 7) is 2.69. The van der Waals surface area contributed by atoms with E-state index in [1.807, 2.05) is 36.4 Å². The summed E-state index contributed by atoms with van der Waals surface area (Å²) >= 11 is 0. The molecule has 2 aromatic carbocycles. The normalized spacial score (nSPS) is 20.0. The van der Waals surface area contributed by atoms with Gasteiger partial charge in [0.1, 0.15) is 6.61 Å². The Bertz CT molecular complexity index is 825. The fourth-order valence-corrected chi connectivity index (χ4v) is 4.08. The van der Waals surface area contributed by atoms with Crippen LogP contribution in [0.3, 0.4) is 0 Å².